The van der Waals surface area contributed by atoms with E-state index in [1.54, 1.807) is 18.2 Å². The fourth-order valence-electron chi connectivity index (χ4n) is 3.41. The smallest absolute Gasteiger partial charge is 0.299 e. The number of nitrogens with one attached hydrogen (secondary N) is 1. The molecule has 0 aromatic heterocycles. The summed E-state index contributed by atoms with van der Waals surface area (Å²) in [5, 5.41) is 1.64. The number of amides is 2. The van der Waals surface area contributed by atoms with Gasteiger partial charge in [0.1, 0.15) is 0 Å². The van der Waals surface area contributed by atoms with Gasteiger partial charge < -0.3 is 10.6 Å². The maximum atomic E-state index is 12.9. The van der Waals surface area contributed by atoms with Crippen LogP contribution in [0.5, 0.6) is 0 Å². The molecule has 0 fully saturated rings. The summed E-state index contributed by atoms with van der Waals surface area (Å²) >= 11 is 0. The third-order valence-corrected chi connectivity index (χ3v) is 6.22. The number of hydrogen-bond acceptors (Lipinski definition) is 5. The summed E-state index contributed by atoms with van der Waals surface area (Å²) in [5.41, 5.74) is 5.33. The van der Waals surface area contributed by atoms with Crippen LogP contribution in [0.3, 0.4) is 0 Å². The molecule has 1 aliphatic rings. The lowest BCUT2D eigenvalue weighted by molar-refractivity contribution is -0.118. The van der Waals surface area contributed by atoms with E-state index in [2.05, 4.69) is 4.72 Å². The van der Waals surface area contributed by atoms with Crippen molar-refractivity contribution in [3.63, 3.8) is 0 Å². The second-order valence-electron chi connectivity index (χ2n) is 6.82. The van der Waals surface area contributed by atoms with Crippen LogP contribution in [0.25, 0.3) is 10.8 Å². The molecule has 0 atom stereocenters. The number of nitrogens with zero attached hydrogens (tertiary/aromatic N) is 1. The molecule has 0 aliphatic carbocycles. The van der Waals surface area contributed by atoms with Gasteiger partial charge in [-0.2, -0.15) is 0 Å². The Balaban J connectivity index is 1.71. The summed E-state index contributed by atoms with van der Waals surface area (Å²) in [6, 6.07) is 16.5. The number of nitrogens with two attached hydrogens (primary N) is 1. The molecule has 0 unspecified atom stereocenters. The van der Waals surface area contributed by atoms with Gasteiger partial charge in [0.05, 0.1) is 21.8 Å². The normalized spacial score (nSPS) is 13.5. The highest BCUT2D eigenvalue weighted by Crippen LogP contribution is 2.35. The molecule has 3 aromatic rings. The highest BCUT2D eigenvalue weighted by atomic mass is 32.2. The molecule has 0 saturated heterocycles. The number of benzene rings is 3. The van der Waals surface area contributed by atoms with E-state index in [9.17, 15) is 22.8 Å². The van der Waals surface area contributed by atoms with Crippen molar-refractivity contribution in [2.75, 3.05) is 16.2 Å². The Hall–Kier alpha value is -3.72. The van der Waals surface area contributed by atoms with Crippen molar-refractivity contribution >= 4 is 49.8 Å². The summed E-state index contributed by atoms with van der Waals surface area (Å²) in [6.45, 7) is -0.0617. The van der Waals surface area contributed by atoms with Crippen LogP contribution in [-0.2, 0) is 19.6 Å². The summed E-state index contributed by atoms with van der Waals surface area (Å²) < 4.78 is 28.3. The van der Waals surface area contributed by atoms with Crippen LogP contribution in [0, 0.1) is 0 Å². The van der Waals surface area contributed by atoms with Crippen LogP contribution >= 0.6 is 0 Å². The maximum Gasteiger partial charge on any atom is 0.299 e. The number of fused-ring (bicyclic) bond motifs is 2. The van der Waals surface area contributed by atoms with E-state index in [1.807, 2.05) is 12.1 Å². The molecule has 0 bridgehead atoms. The van der Waals surface area contributed by atoms with Crippen LogP contribution in [0.1, 0.15) is 16.8 Å². The Labute approximate surface area is 172 Å². The van der Waals surface area contributed by atoms with E-state index >= 15 is 0 Å². The van der Waals surface area contributed by atoms with Gasteiger partial charge in [-0.1, -0.05) is 36.4 Å². The first-order valence-electron chi connectivity index (χ1n) is 9.07. The second kappa shape index (κ2) is 7.27. The van der Waals surface area contributed by atoms with Gasteiger partial charge in [-0.3, -0.25) is 19.1 Å². The Morgan fingerprint density at radius 1 is 0.967 bits per heavy atom. The average molecular weight is 423 g/mol. The van der Waals surface area contributed by atoms with Crippen LogP contribution in [0.4, 0.5) is 11.4 Å². The maximum absolute atomic E-state index is 12.9. The van der Waals surface area contributed by atoms with Crippen molar-refractivity contribution in [2.24, 2.45) is 5.73 Å². The van der Waals surface area contributed by atoms with Crippen molar-refractivity contribution in [3.8, 4) is 0 Å². The largest absolute Gasteiger partial charge is 0.370 e. The van der Waals surface area contributed by atoms with E-state index in [-0.39, 0.29) is 34.8 Å². The molecule has 152 valence electrons. The van der Waals surface area contributed by atoms with Crippen molar-refractivity contribution in [1.29, 1.82) is 0 Å². The molecule has 0 spiro atoms. The third-order valence-electron chi connectivity index (χ3n) is 4.86. The predicted molar refractivity (Wildman–Crippen MR) is 112 cm³/mol. The zero-order chi connectivity index (χ0) is 21.5. The number of primary amides is 1. The number of anilines is 2. The summed E-state index contributed by atoms with van der Waals surface area (Å²) in [4.78, 5) is 37.1. The van der Waals surface area contributed by atoms with Gasteiger partial charge in [-0.05, 0) is 35.0 Å². The van der Waals surface area contributed by atoms with Crippen molar-refractivity contribution in [1.82, 2.24) is 0 Å². The molecular weight excluding hydrogens is 406 g/mol. The quantitative estimate of drug-likeness (QED) is 0.587. The van der Waals surface area contributed by atoms with E-state index in [0.29, 0.717) is 0 Å². The molecule has 30 heavy (non-hydrogen) atoms. The van der Waals surface area contributed by atoms with Crippen molar-refractivity contribution in [3.05, 3.63) is 66.2 Å². The van der Waals surface area contributed by atoms with Crippen LogP contribution < -0.4 is 15.4 Å². The zero-order valence-corrected chi connectivity index (χ0v) is 16.5. The summed E-state index contributed by atoms with van der Waals surface area (Å²) in [6.07, 6.45) is -0.120. The van der Waals surface area contributed by atoms with E-state index < -0.39 is 27.6 Å². The molecule has 9 heteroatoms. The average Bonchev–Trinajstić information content (AvgIpc) is 2.96. The third kappa shape index (κ3) is 3.39. The monoisotopic (exact) mass is 423 g/mol. The van der Waals surface area contributed by atoms with Gasteiger partial charge >= 0.3 is 0 Å². The number of carbonyl (C=O) groups is 3. The predicted octanol–water partition coefficient (Wildman–Crippen LogP) is 2.05. The van der Waals surface area contributed by atoms with Crippen LogP contribution in [0.2, 0.25) is 0 Å². The molecule has 3 aromatic carbocycles. The molecule has 3 N–H and O–H groups in total. The molecule has 4 rings (SSSR count). The fourth-order valence-corrected chi connectivity index (χ4v) is 4.52. The first-order chi connectivity index (χ1) is 14.3. The lowest BCUT2D eigenvalue weighted by atomic mass is 10.1. The van der Waals surface area contributed by atoms with Crippen LogP contribution in [-0.4, -0.2) is 32.6 Å². The first kappa shape index (κ1) is 19.6. The fraction of sp³-hybridized carbons (Fsp3) is 0.0952. The zero-order valence-electron chi connectivity index (χ0n) is 15.7. The van der Waals surface area contributed by atoms with E-state index in [4.69, 9.17) is 5.73 Å². The van der Waals surface area contributed by atoms with Crippen molar-refractivity contribution in [2.45, 2.75) is 11.3 Å². The Kier molecular flexibility index (Phi) is 4.75. The SMILES string of the molecule is NC(=O)CCN1C(=O)C(=O)c2c(NS(=O)(=O)c3ccc4ccccc4c3)cccc21. The molecular formula is C21H17N3O5S. The van der Waals surface area contributed by atoms with E-state index in [1.165, 1.54) is 30.3 Å². The number of carbonyl (C=O) groups excluding carboxylic acids is 3. The summed E-state index contributed by atoms with van der Waals surface area (Å²) in [5.74, 6) is -2.29. The molecule has 8 nitrogen and oxygen atoms in total. The molecule has 2 amide bonds. The minimum atomic E-state index is -4.02. The van der Waals surface area contributed by atoms with Gasteiger partial charge in [0, 0.05) is 13.0 Å². The van der Waals surface area contributed by atoms with E-state index in [0.717, 1.165) is 15.7 Å². The van der Waals surface area contributed by atoms with Gasteiger partial charge in [0.15, 0.2) is 0 Å². The number of ketones is 1. The van der Waals surface area contributed by atoms with Crippen LogP contribution in [0.15, 0.2) is 65.6 Å². The van der Waals surface area contributed by atoms with Crippen molar-refractivity contribution < 1.29 is 22.8 Å². The Morgan fingerprint density at radius 3 is 2.43 bits per heavy atom. The number of Topliss-reactive ketones (excluding diaryl/α,β-unsaturated/α-hetero) is 1. The standard InChI is InChI=1S/C21H17N3O5S/c22-18(25)10-11-24-17-7-3-6-16(19(17)20(26)21(24)27)23-30(28,29)15-9-8-13-4-1-2-5-14(13)12-15/h1-9,12,23H,10-11H2,(H2,22,25). The molecule has 0 radical (unpaired) electrons. The minimum Gasteiger partial charge on any atom is -0.370 e. The van der Waals surface area contributed by atoms with Gasteiger partial charge in [-0.25, -0.2) is 8.42 Å². The number of hydrogen-bond donors (Lipinski definition) is 2. The molecule has 1 heterocycles. The Bertz CT molecular complexity index is 1320. The van der Waals surface area contributed by atoms with Gasteiger partial charge in [0.2, 0.25) is 5.91 Å². The topological polar surface area (TPSA) is 127 Å². The Morgan fingerprint density at radius 2 is 1.70 bits per heavy atom. The molecule has 1 aliphatic heterocycles. The second-order valence-corrected chi connectivity index (χ2v) is 8.50. The molecule has 0 saturated carbocycles. The highest BCUT2D eigenvalue weighted by molar-refractivity contribution is 7.92. The van der Waals surface area contributed by atoms with Gasteiger partial charge in [-0.15, -0.1) is 0 Å². The minimum absolute atomic E-state index is 0.000540. The van der Waals surface area contributed by atoms with Gasteiger partial charge in [0.25, 0.3) is 21.7 Å². The highest BCUT2D eigenvalue weighted by Gasteiger charge is 2.38. The lowest BCUT2D eigenvalue weighted by Crippen LogP contribution is -2.32. The number of sulfonamides is 1. The first-order valence-corrected chi connectivity index (χ1v) is 10.6. The number of rotatable bonds is 6. The summed E-state index contributed by atoms with van der Waals surface area (Å²) in [7, 11) is -4.02. The lowest BCUT2D eigenvalue weighted by Gasteiger charge is -2.16.